The molecule has 0 atom stereocenters. The third-order valence-electron chi connectivity index (χ3n) is 13.9. The first-order valence-corrected chi connectivity index (χ1v) is 25.8. The molecule has 4 heterocycles. The molecule has 12 heteroatoms. The van der Waals surface area contributed by atoms with Crippen LogP contribution in [0.2, 0.25) is 0 Å². The molecule has 1 aromatic heterocycles. The van der Waals surface area contributed by atoms with Gasteiger partial charge in [0.15, 0.2) is 0 Å². The van der Waals surface area contributed by atoms with Gasteiger partial charge in [-0.05, 0) is 160 Å². The number of rotatable bonds is 24. The van der Waals surface area contributed by atoms with Crippen LogP contribution in [0, 0.1) is 0 Å². The Hall–Kier alpha value is -1.83. The van der Waals surface area contributed by atoms with Gasteiger partial charge >= 0.3 is 0 Å². The van der Waals surface area contributed by atoms with Gasteiger partial charge in [-0.2, -0.15) is 30.1 Å². The number of anilines is 3. The van der Waals surface area contributed by atoms with Crippen LogP contribution in [0.4, 0.5) is 17.8 Å². The Balaban J connectivity index is 1.96. The van der Waals surface area contributed by atoms with Crippen molar-refractivity contribution < 1.29 is 14.5 Å². The molecule has 0 spiro atoms. The Morgan fingerprint density at radius 1 is 0.381 bits per heavy atom. The minimum atomic E-state index is -0.180. The Kier molecular flexibility index (Phi) is 19.0. The highest BCUT2D eigenvalue weighted by Gasteiger charge is 2.52. The second kappa shape index (κ2) is 22.3. The summed E-state index contributed by atoms with van der Waals surface area (Å²) < 4.78 is 0. The van der Waals surface area contributed by atoms with E-state index in [-0.39, 0.29) is 51.4 Å². The summed E-state index contributed by atoms with van der Waals surface area (Å²) in [5.41, 5.74) is -1.08. The van der Waals surface area contributed by atoms with Gasteiger partial charge in [-0.3, -0.25) is 14.5 Å². The molecule has 0 unspecified atom stereocenters. The fourth-order valence-corrected chi connectivity index (χ4v) is 11.9. The lowest BCUT2D eigenvalue weighted by Gasteiger charge is -2.56. The third-order valence-corrected chi connectivity index (χ3v) is 13.9. The van der Waals surface area contributed by atoms with Gasteiger partial charge in [0.25, 0.3) is 0 Å². The average Bonchev–Trinajstić information content (AvgIpc) is 3.16. The normalized spacial score (nSPS) is 23.0. The van der Waals surface area contributed by atoms with Crippen molar-refractivity contribution >= 4 is 17.8 Å². The van der Waals surface area contributed by atoms with Crippen molar-refractivity contribution in [2.24, 2.45) is 0 Å². The smallest absolute Gasteiger partial charge is 0.232 e. The summed E-state index contributed by atoms with van der Waals surface area (Å²) in [7, 11) is 0. The minimum absolute atomic E-state index is 0.180. The van der Waals surface area contributed by atoms with Gasteiger partial charge in [-0.25, -0.2) is 0 Å². The molecule has 0 saturated carbocycles. The third kappa shape index (κ3) is 13.2. The molecule has 4 rings (SSSR count). The maximum Gasteiger partial charge on any atom is 0.232 e. The van der Waals surface area contributed by atoms with Crippen molar-refractivity contribution in [1.29, 1.82) is 0 Å². The van der Waals surface area contributed by atoms with Crippen molar-refractivity contribution in [3.63, 3.8) is 0 Å². The summed E-state index contributed by atoms with van der Waals surface area (Å²) in [6.07, 6.45) is 15.2. The van der Waals surface area contributed by atoms with Gasteiger partial charge in [0, 0.05) is 71.0 Å². The van der Waals surface area contributed by atoms with E-state index in [9.17, 15) is 0 Å². The molecule has 0 bridgehead atoms. The van der Waals surface area contributed by atoms with Crippen molar-refractivity contribution in [1.82, 2.24) is 30.1 Å². The first-order chi connectivity index (χ1) is 29.4. The lowest BCUT2D eigenvalue weighted by atomic mass is 9.78. The van der Waals surface area contributed by atoms with Crippen LogP contribution in [0.1, 0.15) is 221 Å². The molecule has 3 saturated heterocycles. The lowest BCUT2D eigenvalue weighted by molar-refractivity contribution is -0.282. The first kappa shape index (κ1) is 53.8. The zero-order valence-electron chi connectivity index (χ0n) is 44.3. The zero-order valence-corrected chi connectivity index (χ0v) is 44.3. The zero-order chi connectivity index (χ0) is 47.0. The molecule has 3 aliphatic heterocycles. The largest absolute Gasteiger partial charge is 0.337 e. The molecule has 0 aromatic carbocycles. The standard InChI is InChI=1S/C51H99N9O3/c1-19-25-28-55(40-34-46(7,8)58(61-31-22-4)47(9,10)35-40)43-52-44(56(29-26-20-2)41-36-48(11,12)59(62-32-23-5)49(13,14)37-41)54-45(53-43)57(30-27-21-3)42-38-50(15,16)60(63-33-24-6)51(17,18)39-42/h40-42H,19-39H2,1-18H3. The van der Waals surface area contributed by atoms with Crippen LogP contribution in [0.15, 0.2) is 0 Å². The molecule has 366 valence electrons. The van der Waals surface area contributed by atoms with Crippen LogP contribution in [0.25, 0.3) is 0 Å². The summed E-state index contributed by atoms with van der Waals surface area (Å²) in [6.45, 7) is 46.7. The molecular weight excluding hydrogens is 787 g/mol. The van der Waals surface area contributed by atoms with Gasteiger partial charge < -0.3 is 14.7 Å². The highest BCUT2D eigenvalue weighted by Crippen LogP contribution is 2.45. The van der Waals surface area contributed by atoms with Crippen LogP contribution in [-0.4, -0.2) is 121 Å². The molecule has 1 aromatic rings. The predicted octanol–water partition coefficient (Wildman–Crippen LogP) is 11.8. The second-order valence-corrected chi connectivity index (χ2v) is 23.3. The Morgan fingerprint density at radius 3 is 0.762 bits per heavy atom. The number of piperidine rings is 3. The van der Waals surface area contributed by atoms with E-state index in [1.807, 2.05) is 0 Å². The molecule has 63 heavy (non-hydrogen) atoms. The number of nitrogens with zero attached hydrogens (tertiary/aromatic N) is 9. The van der Waals surface area contributed by atoms with E-state index in [0.29, 0.717) is 0 Å². The fourth-order valence-electron chi connectivity index (χ4n) is 11.9. The van der Waals surface area contributed by atoms with Gasteiger partial charge in [0.2, 0.25) is 17.8 Å². The molecule has 12 nitrogen and oxygen atoms in total. The second-order valence-electron chi connectivity index (χ2n) is 23.3. The molecule has 0 amide bonds. The van der Waals surface area contributed by atoms with Gasteiger partial charge in [0.1, 0.15) is 0 Å². The van der Waals surface area contributed by atoms with Gasteiger partial charge in [-0.15, -0.1) is 0 Å². The summed E-state index contributed by atoms with van der Waals surface area (Å²) in [5.74, 6) is 2.49. The number of unbranched alkanes of at least 4 members (excludes halogenated alkanes) is 3. The maximum atomic E-state index is 6.55. The molecule has 3 fully saturated rings. The van der Waals surface area contributed by atoms with Crippen molar-refractivity contribution in [2.75, 3.05) is 54.2 Å². The van der Waals surface area contributed by atoms with E-state index in [1.54, 1.807) is 0 Å². The predicted molar refractivity (Wildman–Crippen MR) is 264 cm³/mol. The number of hydroxylamine groups is 6. The Morgan fingerprint density at radius 2 is 0.587 bits per heavy atom. The van der Waals surface area contributed by atoms with Crippen molar-refractivity contribution in [3.8, 4) is 0 Å². The molecular formula is C51H99N9O3. The van der Waals surface area contributed by atoms with Crippen LogP contribution in [0.3, 0.4) is 0 Å². The van der Waals surface area contributed by atoms with Crippen LogP contribution in [0.5, 0.6) is 0 Å². The van der Waals surface area contributed by atoms with E-state index in [1.165, 1.54) is 0 Å². The van der Waals surface area contributed by atoms with Crippen LogP contribution < -0.4 is 14.7 Å². The number of aromatic nitrogens is 3. The topological polar surface area (TPSA) is 85.8 Å². The van der Waals surface area contributed by atoms with E-state index in [2.05, 4.69) is 155 Å². The van der Waals surface area contributed by atoms with E-state index >= 15 is 0 Å². The lowest BCUT2D eigenvalue weighted by Crippen LogP contribution is -2.65. The molecule has 0 radical (unpaired) electrons. The maximum absolute atomic E-state index is 6.55. The number of hydrogen-bond donors (Lipinski definition) is 0. The van der Waals surface area contributed by atoms with Crippen molar-refractivity contribution in [3.05, 3.63) is 0 Å². The summed E-state index contributed by atoms with van der Waals surface area (Å²) in [6, 6.07) is 0.689. The summed E-state index contributed by atoms with van der Waals surface area (Å²) in [5, 5.41) is 6.92. The Bertz CT molecular complexity index is 1290. The summed E-state index contributed by atoms with van der Waals surface area (Å²) >= 11 is 0. The van der Waals surface area contributed by atoms with Gasteiger partial charge in [-0.1, -0.05) is 60.8 Å². The van der Waals surface area contributed by atoms with Crippen LogP contribution >= 0.6 is 0 Å². The van der Waals surface area contributed by atoms with Crippen LogP contribution in [-0.2, 0) is 14.5 Å². The highest BCUT2D eigenvalue weighted by molar-refractivity contribution is 5.49. The quantitative estimate of drug-likeness (QED) is 0.0991. The van der Waals surface area contributed by atoms with E-state index in [0.717, 1.165) is 154 Å². The van der Waals surface area contributed by atoms with Crippen molar-refractivity contribution in [2.45, 2.75) is 272 Å². The Labute approximate surface area is 387 Å². The molecule has 0 aliphatic carbocycles. The number of hydrogen-bond acceptors (Lipinski definition) is 12. The first-order valence-electron chi connectivity index (χ1n) is 25.8. The molecule has 3 aliphatic rings. The van der Waals surface area contributed by atoms with E-state index < -0.39 is 0 Å². The monoisotopic (exact) mass is 886 g/mol. The highest BCUT2D eigenvalue weighted by atomic mass is 16.7. The summed E-state index contributed by atoms with van der Waals surface area (Å²) in [4.78, 5) is 44.6. The molecule has 0 N–H and O–H groups in total. The average molecular weight is 886 g/mol. The fraction of sp³-hybridized carbons (Fsp3) is 0.941. The van der Waals surface area contributed by atoms with E-state index in [4.69, 9.17) is 29.5 Å². The minimum Gasteiger partial charge on any atom is -0.337 e. The van der Waals surface area contributed by atoms with Gasteiger partial charge in [0.05, 0.1) is 19.8 Å². The SMILES string of the molecule is CCCCN(c1nc(N(CCCC)C2CC(C)(C)N(OCCC)C(C)(C)C2)nc(N(CCCC)C2CC(C)(C)N(OCCC)C(C)(C)C2)n1)C1CC(C)(C)N(OCCC)C(C)(C)C1.